The van der Waals surface area contributed by atoms with Gasteiger partial charge in [-0.05, 0) is 18.8 Å². The van der Waals surface area contributed by atoms with Crippen molar-refractivity contribution < 1.29 is 9.53 Å². The summed E-state index contributed by atoms with van der Waals surface area (Å²) < 4.78 is 5.29. The fourth-order valence-electron chi connectivity index (χ4n) is 1.20. The van der Waals surface area contributed by atoms with E-state index in [1.807, 2.05) is 13.8 Å². The van der Waals surface area contributed by atoms with Crippen LogP contribution >= 0.6 is 0 Å². The zero-order valence-corrected chi connectivity index (χ0v) is 10.3. The first-order valence-electron chi connectivity index (χ1n) is 5.78. The third-order valence-electron chi connectivity index (χ3n) is 1.85. The highest BCUT2D eigenvalue weighted by atomic mass is 16.5. The van der Waals surface area contributed by atoms with Crippen LogP contribution in [0.4, 0.5) is 0 Å². The van der Waals surface area contributed by atoms with Crippen LogP contribution in [-0.4, -0.2) is 12.1 Å². The van der Waals surface area contributed by atoms with E-state index in [4.69, 9.17) is 4.74 Å². The molecule has 86 valence electrons. The van der Waals surface area contributed by atoms with Gasteiger partial charge >= 0.3 is 5.97 Å². The maximum absolute atomic E-state index is 11.3. The van der Waals surface area contributed by atoms with E-state index in [0.717, 1.165) is 19.3 Å². The summed E-state index contributed by atoms with van der Waals surface area (Å²) in [4.78, 5) is 11.3. The first-order valence-corrected chi connectivity index (χ1v) is 5.78. The minimum Gasteiger partial charge on any atom is -0.449 e. The summed E-state index contributed by atoms with van der Waals surface area (Å²) in [6.45, 7) is 8.17. The molecule has 1 unspecified atom stereocenters. The predicted molar refractivity (Wildman–Crippen MR) is 62.3 cm³/mol. The molecule has 15 heavy (non-hydrogen) atoms. The Morgan fingerprint density at radius 1 is 1.33 bits per heavy atom. The molecule has 0 aliphatic heterocycles. The molecular formula is C13H22O2. The highest BCUT2D eigenvalue weighted by Crippen LogP contribution is 2.09. The average molecular weight is 210 g/mol. The summed E-state index contributed by atoms with van der Waals surface area (Å²) in [5.41, 5.74) is 0. The fourth-order valence-corrected chi connectivity index (χ4v) is 1.20. The second-order valence-corrected chi connectivity index (χ2v) is 4.03. The van der Waals surface area contributed by atoms with E-state index in [1.165, 1.54) is 0 Å². The normalized spacial score (nSPS) is 11.8. The van der Waals surface area contributed by atoms with E-state index >= 15 is 0 Å². The van der Waals surface area contributed by atoms with Gasteiger partial charge in [-0.25, -0.2) is 0 Å². The molecule has 0 heterocycles. The highest BCUT2D eigenvalue weighted by molar-refractivity contribution is 5.69. The van der Waals surface area contributed by atoms with Crippen LogP contribution in [0.15, 0.2) is 0 Å². The van der Waals surface area contributed by atoms with Crippen LogP contribution in [0.5, 0.6) is 0 Å². The third kappa shape index (κ3) is 8.05. The van der Waals surface area contributed by atoms with Crippen molar-refractivity contribution >= 4 is 5.97 Å². The SMILES string of the molecule is CCC#CC(CC(C)C)OC(=O)CCC. The van der Waals surface area contributed by atoms with Crippen LogP contribution in [0.1, 0.15) is 53.4 Å². The van der Waals surface area contributed by atoms with Crippen molar-refractivity contribution in [2.45, 2.75) is 59.5 Å². The molecule has 1 atom stereocenters. The van der Waals surface area contributed by atoms with Gasteiger partial charge in [0.2, 0.25) is 0 Å². The van der Waals surface area contributed by atoms with Crippen molar-refractivity contribution in [1.29, 1.82) is 0 Å². The summed E-state index contributed by atoms with van der Waals surface area (Å²) in [5.74, 6) is 6.34. The van der Waals surface area contributed by atoms with Gasteiger partial charge in [0.25, 0.3) is 0 Å². The molecule has 0 aromatic heterocycles. The molecule has 0 aliphatic carbocycles. The molecule has 0 N–H and O–H groups in total. The largest absolute Gasteiger partial charge is 0.449 e. The molecule has 0 saturated carbocycles. The summed E-state index contributed by atoms with van der Waals surface area (Å²) in [7, 11) is 0. The van der Waals surface area contributed by atoms with Crippen LogP contribution in [-0.2, 0) is 9.53 Å². The highest BCUT2D eigenvalue weighted by Gasteiger charge is 2.12. The molecule has 2 nitrogen and oxygen atoms in total. The van der Waals surface area contributed by atoms with Crippen LogP contribution in [0.2, 0.25) is 0 Å². The van der Waals surface area contributed by atoms with Crippen LogP contribution in [0.3, 0.4) is 0 Å². The Kier molecular flexibility index (Phi) is 7.81. The lowest BCUT2D eigenvalue weighted by Crippen LogP contribution is -2.18. The average Bonchev–Trinajstić information content (AvgIpc) is 2.13. The number of hydrogen-bond donors (Lipinski definition) is 0. The number of ether oxygens (including phenoxy) is 1. The van der Waals surface area contributed by atoms with Crippen LogP contribution < -0.4 is 0 Å². The third-order valence-corrected chi connectivity index (χ3v) is 1.85. The van der Waals surface area contributed by atoms with E-state index in [9.17, 15) is 4.79 Å². The summed E-state index contributed by atoms with van der Waals surface area (Å²) >= 11 is 0. The number of carbonyl (C=O) groups is 1. The number of carbonyl (C=O) groups excluding carboxylic acids is 1. The van der Waals surface area contributed by atoms with Gasteiger partial charge in [0, 0.05) is 12.8 Å². The van der Waals surface area contributed by atoms with Crippen molar-refractivity contribution in [3.05, 3.63) is 0 Å². The maximum Gasteiger partial charge on any atom is 0.307 e. The first-order chi connectivity index (χ1) is 7.10. The molecule has 2 heteroatoms. The van der Waals surface area contributed by atoms with Crippen molar-refractivity contribution in [3.63, 3.8) is 0 Å². The number of hydrogen-bond acceptors (Lipinski definition) is 2. The van der Waals surface area contributed by atoms with E-state index in [-0.39, 0.29) is 12.1 Å². The van der Waals surface area contributed by atoms with Gasteiger partial charge in [-0.3, -0.25) is 4.79 Å². The number of rotatable bonds is 5. The lowest BCUT2D eigenvalue weighted by molar-refractivity contribution is -0.147. The fraction of sp³-hybridized carbons (Fsp3) is 0.769. The second-order valence-electron chi connectivity index (χ2n) is 4.03. The Bertz CT molecular complexity index is 233. The molecule has 0 spiro atoms. The van der Waals surface area contributed by atoms with Gasteiger partial charge in [0.05, 0.1) is 0 Å². The van der Waals surface area contributed by atoms with E-state index in [0.29, 0.717) is 12.3 Å². The summed E-state index contributed by atoms with van der Waals surface area (Å²) in [6, 6.07) is 0. The molecule has 0 aromatic rings. The van der Waals surface area contributed by atoms with Gasteiger partial charge in [0.15, 0.2) is 6.10 Å². The van der Waals surface area contributed by atoms with Crippen LogP contribution in [0, 0.1) is 17.8 Å². The Hall–Kier alpha value is -0.970. The van der Waals surface area contributed by atoms with Gasteiger partial charge in [0.1, 0.15) is 0 Å². The minimum atomic E-state index is -0.219. The van der Waals surface area contributed by atoms with Crippen molar-refractivity contribution in [3.8, 4) is 11.8 Å². The van der Waals surface area contributed by atoms with Crippen molar-refractivity contribution in [1.82, 2.24) is 0 Å². The molecule has 0 saturated heterocycles. The Balaban J connectivity index is 4.17. The molecular weight excluding hydrogens is 188 g/mol. The molecule has 0 aliphatic rings. The quantitative estimate of drug-likeness (QED) is 0.514. The maximum atomic E-state index is 11.3. The Morgan fingerprint density at radius 2 is 2.00 bits per heavy atom. The van der Waals surface area contributed by atoms with Gasteiger partial charge in [-0.2, -0.15) is 0 Å². The standard InChI is InChI=1S/C13H22O2/c1-5-7-9-12(10-11(3)4)15-13(14)8-6-2/h11-12H,5-6,8,10H2,1-4H3. The van der Waals surface area contributed by atoms with Crippen molar-refractivity contribution in [2.75, 3.05) is 0 Å². The predicted octanol–water partition coefficient (Wildman–Crippen LogP) is 3.16. The van der Waals surface area contributed by atoms with Gasteiger partial charge < -0.3 is 4.74 Å². The zero-order chi connectivity index (χ0) is 11.7. The molecule has 0 aromatic carbocycles. The zero-order valence-electron chi connectivity index (χ0n) is 10.3. The lowest BCUT2D eigenvalue weighted by Gasteiger charge is -2.14. The van der Waals surface area contributed by atoms with E-state index < -0.39 is 0 Å². The molecule has 0 radical (unpaired) electrons. The van der Waals surface area contributed by atoms with E-state index in [2.05, 4.69) is 25.7 Å². The topological polar surface area (TPSA) is 26.3 Å². The first kappa shape index (κ1) is 14.0. The minimum absolute atomic E-state index is 0.131. The van der Waals surface area contributed by atoms with Gasteiger partial charge in [-0.15, -0.1) is 0 Å². The van der Waals surface area contributed by atoms with E-state index in [1.54, 1.807) is 0 Å². The Labute approximate surface area is 93.4 Å². The second kappa shape index (κ2) is 8.35. The van der Waals surface area contributed by atoms with Crippen molar-refractivity contribution in [2.24, 2.45) is 5.92 Å². The lowest BCUT2D eigenvalue weighted by atomic mass is 10.1. The Morgan fingerprint density at radius 3 is 2.47 bits per heavy atom. The summed E-state index contributed by atoms with van der Waals surface area (Å²) in [6.07, 6.45) is 2.73. The van der Waals surface area contributed by atoms with Crippen LogP contribution in [0.25, 0.3) is 0 Å². The smallest absolute Gasteiger partial charge is 0.307 e. The van der Waals surface area contributed by atoms with Gasteiger partial charge in [-0.1, -0.05) is 39.5 Å². The molecule has 0 bridgehead atoms. The molecule has 0 fully saturated rings. The molecule has 0 amide bonds. The monoisotopic (exact) mass is 210 g/mol. The molecule has 0 rings (SSSR count). The summed E-state index contributed by atoms with van der Waals surface area (Å²) in [5, 5.41) is 0. The number of esters is 1.